The molecule has 10 atom stereocenters. The van der Waals surface area contributed by atoms with Crippen molar-refractivity contribution in [1.29, 1.82) is 0 Å². The van der Waals surface area contributed by atoms with Gasteiger partial charge in [-0.05, 0) is 146 Å². The number of benzene rings is 10. The van der Waals surface area contributed by atoms with Gasteiger partial charge in [0.25, 0.3) is 0 Å². The number of para-hydroxylation sites is 5. The zero-order valence-electron chi connectivity index (χ0n) is 108. The van der Waals surface area contributed by atoms with E-state index < -0.39 is 228 Å². The lowest BCUT2D eigenvalue weighted by Gasteiger charge is -2.46. The molecule has 0 spiro atoms. The first-order valence-corrected chi connectivity index (χ1v) is 45.8. The zero-order valence-corrected chi connectivity index (χ0v) is 75.8. The molecule has 0 saturated carbocycles. The fourth-order valence-electron chi connectivity index (χ4n) is 22.2. The summed E-state index contributed by atoms with van der Waals surface area (Å²) in [6, 6.07) is 15.3. The number of ether oxygens (including phenoxy) is 10. The molecule has 0 bridgehead atoms. The van der Waals surface area contributed by atoms with Crippen LogP contribution in [0.25, 0.3) is 54.5 Å². The lowest BCUT2D eigenvalue weighted by molar-refractivity contribution is -0.157. The number of hydrogen-bond donors (Lipinski definition) is 5. The van der Waals surface area contributed by atoms with Gasteiger partial charge in [0.1, 0.15) is 38.4 Å². The summed E-state index contributed by atoms with van der Waals surface area (Å²) in [5.41, 5.74) is 8.98. The van der Waals surface area contributed by atoms with Crippen LogP contribution in [0.1, 0.15) is 158 Å². The number of carbonyl (C=O) groups is 10. The Hall–Kier alpha value is -17.4. The molecule has 5 N–H and O–H groups in total. The molecule has 0 radical (unpaired) electrons. The van der Waals surface area contributed by atoms with E-state index in [1.54, 1.807) is 43.4 Å². The van der Waals surface area contributed by atoms with Crippen LogP contribution in [0.3, 0.4) is 0 Å². The standard InChI is InChI=1S/5C22H19N3O4/c5*1-24-10-19(26)25-16(22(24)27)9-14-13-4-2-3-5-15(13)23-20(14)21(25)12-6-7-17-18(8-12)29-11-28-17/h5*2-8,16,21,23H,9-11H2,1H3/t5*16-,21?/m11111/s1/i2D,3D,4D,5D,6D,7D,8D,11D2;1D3,2D,3D,4D,5D;6D,7D,8D,11D2;1D3,6D,7D,8D;1D3,11D2. The molecule has 10 aromatic carbocycles. The Balaban J connectivity index is 0.000000107. The number of amides is 10. The maximum absolute atomic E-state index is 13.4. The summed E-state index contributed by atoms with van der Waals surface area (Å²) in [5.74, 6) is -5.44. The molecule has 35 nitrogen and oxygen atoms in total. The van der Waals surface area contributed by atoms with Gasteiger partial charge in [0, 0.05) is 162 Å². The number of carbonyl (C=O) groups excluding carboxylic acids is 10. The van der Waals surface area contributed by atoms with Crippen molar-refractivity contribution in [1.82, 2.24) is 73.9 Å². The number of aromatic amines is 5. The number of nitrogens with zero attached hydrogens (tertiary/aromatic N) is 10. The van der Waals surface area contributed by atoms with Crippen molar-refractivity contribution in [2.45, 2.75) is 92.5 Å². The second kappa shape index (κ2) is 33.9. The Morgan fingerprint density at radius 3 is 0.924 bits per heavy atom. The lowest BCUT2D eigenvalue weighted by atomic mass is 9.86. The fourth-order valence-corrected chi connectivity index (χ4v) is 22.2. The van der Waals surface area contributed by atoms with Gasteiger partial charge in [-0.1, -0.05) is 121 Å². The van der Waals surface area contributed by atoms with Crippen LogP contribution in [0.5, 0.6) is 57.5 Å². The smallest absolute Gasteiger partial charge is 0.245 e. The minimum absolute atomic E-state index is 0.000637. The number of likely N-dealkylation sites (N-methyl/N-ethyl adjacent to an activating group) is 5. The van der Waals surface area contributed by atoms with Gasteiger partial charge in [-0.2, -0.15) is 0 Å². The molecule has 5 fully saturated rings. The molecule has 5 unspecified atom stereocenters. The topological polar surface area (TPSA) is 374 Å². The van der Waals surface area contributed by atoms with Crippen molar-refractivity contribution in [3.05, 3.63) is 296 Å². The summed E-state index contributed by atoms with van der Waals surface area (Å²) >= 11 is 0. The van der Waals surface area contributed by atoms with E-state index in [9.17, 15) is 47.9 Å². The zero-order chi connectivity index (χ0) is 126. The molecule has 730 valence electrons. The Morgan fingerprint density at radius 2 is 0.545 bits per heavy atom. The van der Waals surface area contributed by atoms with Crippen LogP contribution in [-0.4, -0.2) is 265 Å². The van der Waals surface area contributed by atoms with Crippen molar-refractivity contribution in [2.24, 2.45) is 0 Å². The van der Waals surface area contributed by atoms with Gasteiger partial charge in [-0.25, -0.2) is 0 Å². The largest absolute Gasteiger partial charge is 0.454 e. The summed E-state index contributed by atoms with van der Waals surface area (Å²) in [4.78, 5) is 161. The van der Waals surface area contributed by atoms with E-state index >= 15 is 0 Å². The first kappa shape index (κ1) is 60.0. The summed E-state index contributed by atoms with van der Waals surface area (Å²) in [7, 11) is 3.02. The molecule has 145 heavy (non-hydrogen) atoms. The Kier molecular flexibility index (Phi) is 14.0. The average molecular weight is 1980 g/mol. The predicted molar refractivity (Wildman–Crippen MR) is 523 cm³/mol. The molecule has 0 aliphatic carbocycles. The highest BCUT2D eigenvalue weighted by atomic mass is 16.7. The van der Waals surface area contributed by atoms with Crippen LogP contribution in [0.15, 0.2) is 212 Å². The molecule has 15 aliphatic rings. The first-order chi connectivity index (χ1) is 83.4. The van der Waals surface area contributed by atoms with Crippen LogP contribution in [0.2, 0.25) is 0 Å². The first-order valence-electron chi connectivity index (χ1n) is 61.8. The van der Waals surface area contributed by atoms with Crippen molar-refractivity contribution < 1.29 is 139 Å². The molecule has 5 aromatic heterocycles. The maximum Gasteiger partial charge on any atom is 0.245 e. The monoisotopic (exact) mass is 1980 g/mol. The highest BCUT2D eigenvalue weighted by molar-refractivity contribution is 6.03. The Bertz CT molecular complexity index is 9880. The van der Waals surface area contributed by atoms with E-state index in [4.69, 9.17) is 91.2 Å². The van der Waals surface area contributed by atoms with Gasteiger partial charge in [0.2, 0.25) is 92.9 Å². The molecule has 10 amide bonds. The number of H-pyrrole nitrogens is 5. The molecular formula is C110H95N15O20. The summed E-state index contributed by atoms with van der Waals surface area (Å²) in [6.45, 7) is -18.3. The lowest BCUT2D eigenvalue weighted by Crippen LogP contribution is -2.62. The molecule has 15 aliphatic heterocycles. The molecule has 15 aromatic rings. The van der Waals surface area contributed by atoms with Crippen molar-refractivity contribution >= 4 is 114 Å². The second-order valence-electron chi connectivity index (χ2n) is 36.4. The number of nitrogens with one attached hydrogen (secondary N) is 5. The van der Waals surface area contributed by atoms with E-state index in [1.165, 1.54) is 41.3 Å². The Morgan fingerprint density at radius 1 is 0.276 bits per heavy atom. The van der Waals surface area contributed by atoms with Crippen LogP contribution in [-0.2, 0) is 80.0 Å². The molecular weight excluding hydrogens is 1850 g/mol. The molecule has 5 saturated heterocycles. The van der Waals surface area contributed by atoms with Gasteiger partial charge in [-0.3, -0.25) is 47.9 Å². The normalized spacial score (nSPS) is 27.3. The summed E-state index contributed by atoms with van der Waals surface area (Å²) < 4.78 is 312. The van der Waals surface area contributed by atoms with E-state index in [0.717, 1.165) is 49.5 Å². The minimum Gasteiger partial charge on any atom is -0.454 e. The van der Waals surface area contributed by atoms with E-state index in [-0.39, 0.29) is 204 Å². The van der Waals surface area contributed by atoms with Crippen molar-refractivity contribution in [3.8, 4) is 57.5 Å². The fraction of sp³-hybridized carbons (Fsp3) is 0.273. The third kappa shape index (κ3) is 14.2. The van der Waals surface area contributed by atoms with E-state index in [0.29, 0.717) is 71.1 Å². The van der Waals surface area contributed by atoms with Gasteiger partial charge in [0.05, 0.1) is 86.2 Å². The summed E-state index contributed by atoms with van der Waals surface area (Å²) in [5, 5.41) is 2.91. The third-order valence-electron chi connectivity index (χ3n) is 28.5. The number of rotatable bonds is 5. The minimum atomic E-state index is -2.81. The van der Waals surface area contributed by atoms with Crippen LogP contribution < -0.4 is 47.4 Å². The average Bonchev–Trinajstić information content (AvgIpc) is 1.58. The highest BCUT2D eigenvalue weighted by Crippen LogP contribution is 2.53. The van der Waals surface area contributed by atoms with Crippen molar-refractivity contribution in [3.63, 3.8) is 0 Å². The summed E-state index contributed by atoms with van der Waals surface area (Å²) in [6.07, 6.45) is 0.346. The molecule has 30 rings (SSSR count). The number of piperazine rings is 5. The van der Waals surface area contributed by atoms with Gasteiger partial charge < -0.3 is 121 Å². The predicted octanol–water partition coefficient (Wildman–Crippen LogP) is 11.1. The van der Waals surface area contributed by atoms with E-state index in [1.807, 2.05) is 72.8 Å². The van der Waals surface area contributed by atoms with E-state index in [2.05, 4.69) is 24.9 Å². The van der Waals surface area contributed by atoms with Crippen LogP contribution in [0, 0.1) is 0 Å². The van der Waals surface area contributed by atoms with Gasteiger partial charge in [0.15, 0.2) is 57.5 Å². The number of fused-ring (bicyclic) bond motifs is 25. The quantitative estimate of drug-likeness (QED) is 0.107. The van der Waals surface area contributed by atoms with Crippen molar-refractivity contribution in [2.75, 3.05) is 102 Å². The molecule has 20 heterocycles. The van der Waals surface area contributed by atoms with Gasteiger partial charge in [-0.15, -0.1) is 0 Å². The van der Waals surface area contributed by atoms with Crippen LogP contribution >= 0.6 is 0 Å². The number of hydrogen-bond acceptors (Lipinski definition) is 20. The maximum atomic E-state index is 13.4. The highest BCUT2D eigenvalue weighted by Gasteiger charge is 2.55. The number of aromatic nitrogens is 5. The molecule has 35 heteroatoms. The third-order valence-corrected chi connectivity index (χ3v) is 28.5. The van der Waals surface area contributed by atoms with Gasteiger partial charge >= 0.3 is 0 Å². The van der Waals surface area contributed by atoms with Crippen LogP contribution in [0.4, 0.5) is 0 Å². The Labute approximate surface area is 871 Å². The SMILES string of the molecule is [2H]C1([2H])Oc2ccc(C3c4[nH]c5ccccc5c4C[C@@H]4C(=O)N(C([2H])([2H])[2H])CC(=O)N34)cc2O1.[2H]c1c([2H])c(C2c3[nH]c4c([2H])c([2H])c([2H])c([2H])c4c3C[C@@H]3C(=O)N(C)CC(=O)N23)c([2H])c2c1OC([2H])([2H])O2.[2H]c1c([2H])c(C2c3[nH]c4ccccc4c3C[C@@H]3C(=O)N(C([2H])([2H])[2H])CC(=O)N23)c([2H])c2c1OCO2.[2H]c1c([2H])c(C2c3[nH]c4ccccc4c3C[C@@H]3C(=O)N(C)CC(=O)N23)c([2H])c2c1OC([2H])([2H])O2.[2H]c1c([2H])c([2H])c2c3c([nH]c2c1[2H])C(c1ccc2c(c1)OCO2)N1C(=O)CN(C([2H])([2H])[2H])C(=O)[C@H]1C3. The second-order valence-corrected chi connectivity index (χ2v) is 36.4.